The smallest absolute Gasteiger partial charge is 0.335 e. The molecule has 0 N–H and O–H groups in total. The van der Waals surface area contributed by atoms with Crippen LogP contribution in [0, 0.1) is 0 Å². The van der Waals surface area contributed by atoms with Crippen molar-refractivity contribution in [2.75, 3.05) is 20.8 Å². The van der Waals surface area contributed by atoms with Gasteiger partial charge in [-0.1, -0.05) is 13.3 Å². The highest BCUT2D eigenvalue weighted by Gasteiger charge is 2.20. The summed E-state index contributed by atoms with van der Waals surface area (Å²) in [5, 5.41) is 0. The van der Waals surface area contributed by atoms with Crippen LogP contribution in [0.1, 0.15) is 26.7 Å². The van der Waals surface area contributed by atoms with Crippen molar-refractivity contribution in [3.8, 4) is 0 Å². The van der Waals surface area contributed by atoms with Gasteiger partial charge in [0.05, 0.1) is 6.61 Å². The highest BCUT2D eigenvalue weighted by Crippen LogP contribution is 2.05. The molecule has 0 aromatic carbocycles. The number of rotatable bonds is 7. The van der Waals surface area contributed by atoms with Crippen molar-refractivity contribution < 1.29 is 19.0 Å². The van der Waals surface area contributed by atoms with E-state index in [0.29, 0.717) is 13.0 Å². The SMILES string of the molecule is CCCC(OC)C(=O)OC(C)COC. The van der Waals surface area contributed by atoms with Gasteiger partial charge in [0.25, 0.3) is 0 Å². The van der Waals surface area contributed by atoms with Crippen LogP contribution in [-0.2, 0) is 19.0 Å². The average molecular weight is 204 g/mol. The fraction of sp³-hybridized carbons (Fsp3) is 0.900. The molecule has 0 aromatic heterocycles. The first kappa shape index (κ1) is 13.4. The summed E-state index contributed by atoms with van der Waals surface area (Å²) in [6.45, 7) is 4.20. The molecule has 0 rings (SSSR count). The van der Waals surface area contributed by atoms with Crippen molar-refractivity contribution in [1.29, 1.82) is 0 Å². The lowest BCUT2D eigenvalue weighted by Gasteiger charge is -2.17. The minimum atomic E-state index is -0.445. The summed E-state index contributed by atoms with van der Waals surface area (Å²) in [5.74, 6) is -0.307. The van der Waals surface area contributed by atoms with Crippen LogP contribution in [0.15, 0.2) is 0 Å². The second-order valence-electron chi connectivity index (χ2n) is 3.22. The van der Waals surface area contributed by atoms with Crippen LogP contribution < -0.4 is 0 Å². The van der Waals surface area contributed by atoms with E-state index in [4.69, 9.17) is 14.2 Å². The van der Waals surface area contributed by atoms with Crippen LogP contribution in [-0.4, -0.2) is 39.0 Å². The molecule has 0 amide bonds. The van der Waals surface area contributed by atoms with E-state index in [9.17, 15) is 4.79 Å². The maximum Gasteiger partial charge on any atom is 0.335 e. The first-order chi connectivity index (χ1) is 6.65. The predicted molar refractivity (Wildman–Crippen MR) is 53.1 cm³/mol. The van der Waals surface area contributed by atoms with Gasteiger partial charge in [-0.05, 0) is 13.3 Å². The Balaban J connectivity index is 3.90. The molecule has 4 heteroatoms. The lowest BCUT2D eigenvalue weighted by atomic mass is 10.2. The molecule has 0 saturated heterocycles. The van der Waals surface area contributed by atoms with Gasteiger partial charge < -0.3 is 14.2 Å². The fourth-order valence-electron chi connectivity index (χ4n) is 1.14. The normalized spacial score (nSPS) is 14.9. The summed E-state index contributed by atoms with van der Waals surface area (Å²) in [7, 11) is 3.09. The largest absolute Gasteiger partial charge is 0.458 e. The van der Waals surface area contributed by atoms with Gasteiger partial charge in [0.1, 0.15) is 6.10 Å². The second-order valence-corrected chi connectivity index (χ2v) is 3.22. The van der Waals surface area contributed by atoms with Gasteiger partial charge in [0, 0.05) is 14.2 Å². The lowest BCUT2D eigenvalue weighted by Crippen LogP contribution is -2.30. The Labute approximate surface area is 85.5 Å². The molecule has 0 saturated carbocycles. The molecule has 4 nitrogen and oxygen atoms in total. The van der Waals surface area contributed by atoms with Crippen molar-refractivity contribution in [2.45, 2.75) is 38.9 Å². The van der Waals surface area contributed by atoms with E-state index in [2.05, 4.69) is 0 Å². The van der Waals surface area contributed by atoms with Crippen molar-refractivity contribution >= 4 is 5.97 Å². The van der Waals surface area contributed by atoms with Crippen molar-refractivity contribution in [1.82, 2.24) is 0 Å². The molecular weight excluding hydrogens is 184 g/mol. The molecule has 0 aliphatic heterocycles. The van der Waals surface area contributed by atoms with E-state index in [1.165, 1.54) is 7.11 Å². The van der Waals surface area contributed by atoms with Gasteiger partial charge in [-0.3, -0.25) is 0 Å². The number of hydrogen-bond donors (Lipinski definition) is 0. The van der Waals surface area contributed by atoms with Gasteiger partial charge >= 0.3 is 5.97 Å². The van der Waals surface area contributed by atoms with Crippen LogP contribution in [0.4, 0.5) is 0 Å². The van der Waals surface area contributed by atoms with E-state index in [1.807, 2.05) is 6.92 Å². The van der Waals surface area contributed by atoms with Gasteiger partial charge in [-0.2, -0.15) is 0 Å². The number of carbonyl (C=O) groups is 1. The molecule has 0 bridgehead atoms. The number of carbonyl (C=O) groups excluding carboxylic acids is 1. The van der Waals surface area contributed by atoms with Crippen molar-refractivity contribution in [2.24, 2.45) is 0 Å². The summed E-state index contributed by atoms with van der Waals surface area (Å²) in [5.41, 5.74) is 0. The number of esters is 1. The predicted octanol–water partition coefficient (Wildman–Crippen LogP) is 1.38. The van der Waals surface area contributed by atoms with E-state index >= 15 is 0 Å². The summed E-state index contributed by atoms with van der Waals surface area (Å²) in [4.78, 5) is 11.4. The Morgan fingerprint density at radius 1 is 1.36 bits per heavy atom. The highest BCUT2D eigenvalue weighted by atomic mass is 16.6. The number of methoxy groups -OCH3 is 2. The summed E-state index contributed by atoms with van der Waals surface area (Å²) >= 11 is 0. The zero-order valence-corrected chi connectivity index (χ0v) is 9.41. The van der Waals surface area contributed by atoms with Crippen LogP contribution in [0.25, 0.3) is 0 Å². The lowest BCUT2D eigenvalue weighted by molar-refractivity contribution is -0.162. The summed E-state index contributed by atoms with van der Waals surface area (Å²) in [6, 6.07) is 0. The zero-order chi connectivity index (χ0) is 11.0. The third-order valence-corrected chi connectivity index (χ3v) is 1.82. The quantitative estimate of drug-likeness (QED) is 0.588. The Bertz CT molecular complexity index is 158. The molecule has 0 heterocycles. The Morgan fingerprint density at radius 2 is 2.00 bits per heavy atom. The standard InChI is InChI=1S/C10H20O4/c1-5-6-9(13-4)10(11)14-8(2)7-12-3/h8-9H,5-7H2,1-4H3. The van der Waals surface area contributed by atoms with Gasteiger partial charge in [0.2, 0.25) is 0 Å². The van der Waals surface area contributed by atoms with Gasteiger partial charge in [0.15, 0.2) is 6.10 Å². The van der Waals surface area contributed by atoms with E-state index in [1.54, 1.807) is 14.0 Å². The zero-order valence-electron chi connectivity index (χ0n) is 9.41. The summed E-state index contributed by atoms with van der Waals surface area (Å²) in [6.07, 6.45) is 0.919. The van der Waals surface area contributed by atoms with Gasteiger partial charge in [-0.25, -0.2) is 4.79 Å². The van der Waals surface area contributed by atoms with E-state index < -0.39 is 6.10 Å². The highest BCUT2D eigenvalue weighted by molar-refractivity contribution is 5.74. The molecule has 0 aliphatic rings. The first-order valence-electron chi connectivity index (χ1n) is 4.87. The van der Waals surface area contributed by atoms with Crippen LogP contribution in [0.3, 0.4) is 0 Å². The molecule has 0 aliphatic carbocycles. The molecule has 2 atom stereocenters. The monoisotopic (exact) mass is 204 g/mol. The Morgan fingerprint density at radius 3 is 2.43 bits per heavy atom. The first-order valence-corrected chi connectivity index (χ1v) is 4.87. The molecule has 0 radical (unpaired) electrons. The maximum atomic E-state index is 11.4. The van der Waals surface area contributed by atoms with Crippen LogP contribution >= 0.6 is 0 Å². The maximum absolute atomic E-state index is 11.4. The molecule has 14 heavy (non-hydrogen) atoms. The Kier molecular flexibility index (Phi) is 7.42. The molecule has 0 spiro atoms. The van der Waals surface area contributed by atoms with Crippen LogP contribution in [0.2, 0.25) is 0 Å². The third kappa shape index (κ3) is 5.19. The van der Waals surface area contributed by atoms with Crippen LogP contribution in [0.5, 0.6) is 0 Å². The van der Waals surface area contributed by atoms with Crippen molar-refractivity contribution in [3.63, 3.8) is 0 Å². The minimum absolute atomic E-state index is 0.220. The minimum Gasteiger partial charge on any atom is -0.458 e. The third-order valence-electron chi connectivity index (χ3n) is 1.82. The van der Waals surface area contributed by atoms with Crippen molar-refractivity contribution in [3.05, 3.63) is 0 Å². The Hall–Kier alpha value is -0.610. The summed E-state index contributed by atoms with van der Waals surface area (Å²) < 4.78 is 15.0. The second kappa shape index (κ2) is 7.76. The topological polar surface area (TPSA) is 44.8 Å². The molecule has 0 aromatic rings. The average Bonchev–Trinajstić information content (AvgIpc) is 2.14. The van der Waals surface area contributed by atoms with Gasteiger partial charge in [-0.15, -0.1) is 0 Å². The fourth-order valence-corrected chi connectivity index (χ4v) is 1.14. The molecular formula is C10H20O4. The molecule has 0 fully saturated rings. The number of hydrogen-bond acceptors (Lipinski definition) is 4. The van der Waals surface area contributed by atoms with E-state index in [0.717, 1.165) is 6.42 Å². The van der Waals surface area contributed by atoms with E-state index in [-0.39, 0.29) is 12.1 Å². The molecule has 84 valence electrons. The number of ether oxygens (including phenoxy) is 3. The molecule has 2 unspecified atom stereocenters.